The second-order valence-electron chi connectivity index (χ2n) is 6.11. The van der Waals surface area contributed by atoms with Gasteiger partial charge in [-0.1, -0.05) is 30.3 Å². The van der Waals surface area contributed by atoms with Crippen LogP contribution >= 0.6 is 27.3 Å². The zero-order chi connectivity index (χ0) is 17.6. The Morgan fingerprint density at radius 2 is 1.96 bits per heavy atom. The summed E-state index contributed by atoms with van der Waals surface area (Å²) in [4.78, 5) is 27.2. The highest BCUT2D eigenvalue weighted by molar-refractivity contribution is 9.11. The van der Waals surface area contributed by atoms with Crippen LogP contribution in [0.1, 0.15) is 28.1 Å². The summed E-state index contributed by atoms with van der Waals surface area (Å²) >= 11 is 4.65. The number of nitrogens with zero attached hydrogens (tertiary/aromatic N) is 1. The molecular formula is C18H20BrN3O2S. The molecule has 25 heavy (non-hydrogen) atoms. The topological polar surface area (TPSA) is 61.4 Å². The van der Waals surface area contributed by atoms with Gasteiger partial charge in [-0.25, -0.2) is 0 Å². The molecule has 1 fully saturated rings. The van der Waals surface area contributed by atoms with E-state index in [-0.39, 0.29) is 17.7 Å². The van der Waals surface area contributed by atoms with Crippen molar-refractivity contribution in [3.8, 4) is 0 Å². The summed E-state index contributed by atoms with van der Waals surface area (Å²) < 4.78 is 0.882. The first-order valence-electron chi connectivity index (χ1n) is 8.23. The van der Waals surface area contributed by atoms with Crippen LogP contribution in [0.3, 0.4) is 0 Å². The maximum atomic E-state index is 12.4. The van der Waals surface area contributed by atoms with Crippen molar-refractivity contribution in [1.82, 2.24) is 15.8 Å². The Hall–Kier alpha value is -1.70. The molecule has 1 aromatic carbocycles. The lowest BCUT2D eigenvalue weighted by atomic mass is 9.97. The van der Waals surface area contributed by atoms with Gasteiger partial charge >= 0.3 is 0 Å². The van der Waals surface area contributed by atoms with Gasteiger partial charge in [0.2, 0.25) is 5.91 Å². The Kier molecular flexibility index (Phi) is 6.23. The van der Waals surface area contributed by atoms with Crippen LogP contribution in [0, 0.1) is 5.92 Å². The minimum atomic E-state index is -0.291. The van der Waals surface area contributed by atoms with Crippen molar-refractivity contribution >= 4 is 39.1 Å². The van der Waals surface area contributed by atoms with Gasteiger partial charge in [0.1, 0.15) is 0 Å². The van der Waals surface area contributed by atoms with Crippen molar-refractivity contribution < 1.29 is 9.59 Å². The monoisotopic (exact) mass is 421 g/mol. The van der Waals surface area contributed by atoms with Crippen LogP contribution in [-0.4, -0.2) is 29.8 Å². The predicted octanol–water partition coefficient (Wildman–Crippen LogP) is 3.18. The summed E-state index contributed by atoms with van der Waals surface area (Å²) in [6.07, 6.45) is 1.83. The van der Waals surface area contributed by atoms with E-state index in [2.05, 4.69) is 43.8 Å². The highest BCUT2D eigenvalue weighted by Gasteiger charge is 2.26. The Balaban J connectivity index is 1.49. The quantitative estimate of drug-likeness (QED) is 0.745. The van der Waals surface area contributed by atoms with E-state index < -0.39 is 0 Å². The van der Waals surface area contributed by atoms with Gasteiger partial charge < -0.3 is 0 Å². The van der Waals surface area contributed by atoms with Crippen LogP contribution < -0.4 is 10.9 Å². The van der Waals surface area contributed by atoms with Gasteiger partial charge in [-0.05, 0) is 53.0 Å². The molecule has 7 heteroatoms. The fourth-order valence-electron chi connectivity index (χ4n) is 2.97. The second kappa shape index (κ2) is 8.60. The van der Waals surface area contributed by atoms with E-state index in [1.54, 1.807) is 6.07 Å². The third-order valence-corrected chi connectivity index (χ3v) is 5.84. The standard InChI is InChI=1S/C18H20BrN3O2S/c19-16-9-8-15(25-16)18(24)21-20-17(23)14-7-4-10-22(12-14)11-13-5-2-1-3-6-13/h1-3,5-6,8-9,14H,4,7,10-12H2,(H,20,23)(H,21,24). The average Bonchev–Trinajstić information content (AvgIpc) is 3.07. The number of halogens is 1. The van der Waals surface area contributed by atoms with Crippen LogP contribution in [0.2, 0.25) is 0 Å². The van der Waals surface area contributed by atoms with E-state index >= 15 is 0 Å². The Morgan fingerprint density at radius 1 is 1.16 bits per heavy atom. The van der Waals surface area contributed by atoms with Crippen molar-refractivity contribution in [3.63, 3.8) is 0 Å². The highest BCUT2D eigenvalue weighted by atomic mass is 79.9. The van der Waals surface area contributed by atoms with Crippen LogP contribution in [0.5, 0.6) is 0 Å². The molecular weight excluding hydrogens is 402 g/mol. The van der Waals surface area contributed by atoms with Gasteiger partial charge in [0, 0.05) is 13.1 Å². The van der Waals surface area contributed by atoms with Crippen LogP contribution in [0.25, 0.3) is 0 Å². The van der Waals surface area contributed by atoms with Crippen molar-refractivity contribution in [1.29, 1.82) is 0 Å². The largest absolute Gasteiger partial charge is 0.298 e. The molecule has 1 unspecified atom stereocenters. The number of carbonyl (C=O) groups excluding carboxylic acids is 2. The van der Waals surface area contributed by atoms with E-state index in [4.69, 9.17) is 0 Å². The Bertz CT molecular complexity index is 735. The number of rotatable bonds is 4. The summed E-state index contributed by atoms with van der Waals surface area (Å²) in [5.74, 6) is -0.518. The molecule has 2 amide bonds. The number of nitrogens with one attached hydrogen (secondary N) is 2. The third-order valence-electron chi connectivity index (χ3n) is 4.22. The van der Waals surface area contributed by atoms with Crippen LogP contribution in [-0.2, 0) is 11.3 Å². The number of thiophene rings is 1. The molecule has 1 saturated heterocycles. The summed E-state index contributed by atoms with van der Waals surface area (Å²) in [5.41, 5.74) is 6.33. The lowest BCUT2D eigenvalue weighted by Gasteiger charge is -2.31. The molecule has 0 radical (unpaired) electrons. The molecule has 1 atom stereocenters. The van der Waals surface area contributed by atoms with Gasteiger partial charge in [0.15, 0.2) is 0 Å². The van der Waals surface area contributed by atoms with Crippen molar-refractivity contribution in [2.75, 3.05) is 13.1 Å². The molecule has 1 aliphatic heterocycles. The first-order valence-corrected chi connectivity index (χ1v) is 9.84. The van der Waals surface area contributed by atoms with Gasteiger partial charge in [0.25, 0.3) is 5.91 Å². The molecule has 2 N–H and O–H groups in total. The fourth-order valence-corrected chi connectivity index (χ4v) is 4.25. The zero-order valence-corrected chi connectivity index (χ0v) is 16.1. The maximum Gasteiger partial charge on any atom is 0.279 e. The average molecular weight is 422 g/mol. The van der Waals surface area contributed by atoms with Crippen molar-refractivity contribution in [2.45, 2.75) is 19.4 Å². The van der Waals surface area contributed by atoms with E-state index in [1.807, 2.05) is 24.3 Å². The maximum absolute atomic E-state index is 12.4. The molecule has 5 nitrogen and oxygen atoms in total. The summed E-state index contributed by atoms with van der Waals surface area (Å²) in [6, 6.07) is 13.8. The first kappa shape index (κ1) is 18.1. The van der Waals surface area contributed by atoms with E-state index in [0.717, 1.165) is 29.7 Å². The molecule has 132 valence electrons. The molecule has 2 heterocycles. The number of hydrogen-bond donors (Lipinski definition) is 2. The number of carbonyl (C=O) groups is 2. The molecule has 1 aliphatic rings. The lowest BCUT2D eigenvalue weighted by Crippen LogP contribution is -2.48. The molecule has 0 bridgehead atoms. The van der Waals surface area contributed by atoms with Crippen LogP contribution in [0.15, 0.2) is 46.3 Å². The number of benzene rings is 1. The number of piperidine rings is 1. The first-order chi connectivity index (χ1) is 12.1. The predicted molar refractivity (Wildman–Crippen MR) is 102 cm³/mol. The van der Waals surface area contributed by atoms with Gasteiger partial charge in [0.05, 0.1) is 14.6 Å². The van der Waals surface area contributed by atoms with Gasteiger partial charge in [-0.3, -0.25) is 25.3 Å². The SMILES string of the molecule is O=C(NNC(=O)C1CCCN(Cc2ccccc2)C1)c1ccc(Br)s1. The number of hydrazine groups is 1. The van der Waals surface area contributed by atoms with Crippen LogP contribution in [0.4, 0.5) is 0 Å². The molecule has 0 aliphatic carbocycles. The lowest BCUT2D eigenvalue weighted by molar-refractivity contribution is -0.127. The van der Waals surface area contributed by atoms with Crippen molar-refractivity contribution in [2.24, 2.45) is 5.92 Å². The molecule has 2 aromatic rings. The minimum absolute atomic E-state index is 0.104. The molecule has 3 rings (SSSR count). The van der Waals surface area contributed by atoms with Gasteiger partial charge in [-0.2, -0.15) is 0 Å². The fraction of sp³-hybridized carbons (Fsp3) is 0.333. The Labute approximate surface area is 159 Å². The third kappa shape index (κ3) is 5.14. The number of hydrogen-bond acceptors (Lipinski definition) is 4. The summed E-state index contributed by atoms with van der Waals surface area (Å²) in [7, 11) is 0. The van der Waals surface area contributed by atoms with E-state index in [0.29, 0.717) is 11.4 Å². The molecule has 0 spiro atoms. The molecule has 1 aromatic heterocycles. The van der Waals surface area contributed by atoms with Gasteiger partial charge in [-0.15, -0.1) is 11.3 Å². The smallest absolute Gasteiger partial charge is 0.279 e. The zero-order valence-electron chi connectivity index (χ0n) is 13.7. The normalized spacial score (nSPS) is 17.9. The Morgan fingerprint density at radius 3 is 2.68 bits per heavy atom. The van der Waals surface area contributed by atoms with E-state index in [9.17, 15) is 9.59 Å². The molecule has 0 saturated carbocycles. The summed E-state index contributed by atoms with van der Waals surface area (Å²) in [5, 5.41) is 0. The number of likely N-dealkylation sites (tertiary alicyclic amines) is 1. The second-order valence-corrected chi connectivity index (χ2v) is 8.57. The summed E-state index contributed by atoms with van der Waals surface area (Å²) in [6.45, 7) is 2.55. The highest BCUT2D eigenvalue weighted by Crippen LogP contribution is 2.22. The number of amides is 2. The van der Waals surface area contributed by atoms with E-state index in [1.165, 1.54) is 16.9 Å². The minimum Gasteiger partial charge on any atom is -0.298 e. The van der Waals surface area contributed by atoms with Crippen molar-refractivity contribution in [3.05, 3.63) is 56.7 Å².